The Hall–Kier alpha value is -1.20. The van der Waals surface area contributed by atoms with Crippen molar-refractivity contribution in [3.8, 4) is 0 Å². The van der Waals surface area contributed by atoms with E-state index in [0.29, 0.717) is 24.4 Å². The second-order valence-corrected chi connectivity index (χ2v) is 5.20. The van der Waals surface area contributed by atoms with Crippen LogP contribution in [-0.2, 0) is 9.53 Å². The largest absolute Gasteiger partial charge is 0.377 e. The molecule has 96 valence electrons. The van der Waals surface area contributed by atoms with Crippen molar-refractivity contribution in [1.29, 1.82) is 0 Å². The predicted molar refractivity (Wildman–Crippen MR) is 71.9 cm³/mol. The Morgan fingerprint density at radius 2 is 2.06 bits per heavy atom. The fourth-order valence-electron chi connectivity index (χ4n) is 1.91. The Bertz CT molecular complexity index is 499. The van der Waals surface area contributed by atoms with E-state index in [1.54, 1.807) is 12.1 Å². The molecule has 0 unspecified atom stereocenters. The zero-order valence-corrected chi connectivity index (χ0v) is 11.9. The standard InChI is InChI=1S/C13H14BrNO3/c1-8(2)18-7-6-15-11-9(12(16)13(15)17)4-3-5-10(11)14/h3-5,8H,6-7H2,1-2H3. The number of para-hydroxylation sites is 1. The molecule has 1 aliphatic rings. The third-order valence-corrected chi connectivity index (χ3v) is 3.35. The summed E-state index contributed by atoms with van der Waals surface area (Å²) in [5.41, 5.74) is 1.11. The average molecular weight is 312 g/mol. The topological polar surface area (TPSA) is 46.6 Å². The molecule has 0 N–H and O–H groups in total. The Morgan fingerprint density at radius 1 is 1.33 bits per heavy atom. The van der Waals surface area contributed by atoms with E-state index in [1.807, 2.05) is 19.9 Å². The van der Waals surface area contributed by atoms with Gasteiger partial charge in [-0.1, -0.05) is 6.07 Å². The Kier molecular flexibility index (Phi) is 3.82. The first-order valence-corrected chi connectivity index (χ1v) is 6.58. The molecule has 1 heterocycles. The van der Waals surface area contributed by atoms with E-state index in [4.69, 9.17) is 4.74 Å². The van der Waals surface area contributed by atoms with Crippen LogP contribution in [0.3, 0.4) is 0 Å². The number of rotatable bonds is 4. The van der Waals surface area contributed by atoms with Crippen LogP contribution in [0.5, 0.6) is 0 Å². The van der Waals surface area contributed by atoms with Crippen LogP contribution in [-0.4, -0.2) is 30.9 Å². The molecule has 1 aromatic rings. The quantitative estimate of drug-likeness (QED) is 0.802. The number of amides is 1. The van der Waals surface area contributed by atoms with Crippen LogP contribution < -0.4 is 4.90 Å². The van der Waals surface area contributed by atoms with Gasteiger partial charge in [0.1, 0.15) is 0 Å². The van der Waals surface area contributed by atoms with E-state index in [-0.39, 0.29) is 6.10 Å². The van der Waals surface area contributed by atoms with Crippen LogP contribution in [0.1, 0.15) is 24.2 Å². The summed E-state index contributed by atoms with van der Waals surface area (Å²) < 4.78 is 6.18. The molecule has 2 rings (SSSR count). The van der Waals surface area contributed by atoms with Crippen LogP contribution in [0, 0.1) is 0 Å². The number of benzene rings is 1. The number of nitrogens with zero attached hydrogens (tertiary/aromatic N) is 1. The van der Waals surface area contributed by atoms with Crippen LogP contribution in [0.4, 0.5) is 5.69 Å². The van der Waals surface area contributed by atoms with E-state index in [2.05, 4.69) is 15.9 Å². The third kappa shape index (κ3) is 2.33. The number of ether oxygens (including phenoxy) is 1. The van der Waals surface area contributed by atoms with E-state index in [1.165, 1.54) is 4.90 Å². The number of hydrogen-bond acceptors (Lipinski definition) is 3. The lowest BCUT2D eigenvalue weighted by atomic mass is 10.1. The van der Waals surface area contributed by atoms with Crippen molar-refractivity contribution in [2.75, 3.05) is 18.1 Å². The fourth-order valence-corrected chi connectivity index (χ4v) is 2.49. The molecule has 5 heteroatoms. The maximum Gasteiger partial charge on any atom is 0.299 e. The van der Waals surface area contributed by atoms with Crippen molar-refractivity contribution >= 4 is 33.3 Å². The van der Waals surface area contributed by atoms with Gasteiger partial charge in [-0.3, -0.25) is 9.59 Å². The second kappa shape index (κ2) is 5.20. The molecule has 0 radical (unpaired) electrons. The highest BCUT2D eigenvalue weighted by Crippen LogP contribution is 2.35. The maximum absolute atomic E-state index is 11.9. The van der Waals surface area contributed by atoms with Crippen molar-refractivity contribution in [2.45, 2.75) is 20.0 Å². The second-order valence-electron chi connectivity index (χ2n) is 4.34. The van der Waals surface area contributed by atoms with Crippen LogP contribution in [0.25, 0.3) is 0 Å². The molecule has 1 aliphatic heterocycles. The van der Waals surface area contributed by atoms with E-state index >= 15 is 0 Å². The van der Waals surface area contributed by atoms with Gasteiger partial charge in [-0.05, 0) is 41.9 Å². The van der Waals surface area contributed by atoms with Crippen molar-refractivity contribution in [3.05, 3.63) is 28.2 Å². The highest BCUT2D eigenvalue weighted by atomic mass is 79.9. The van der Waals surface area contributed by atoms with Gasteiger partial charge in [0.2, 0.25) is 0 Å². The first-order chi connectivity index (χ1) is 8.52. The number of ketones is 1. The Balaban J connectivity index is 2.23. The smallest absolute Gasteiger partial charge is 0.299 e. The maximum atomic E-state index is 11.9. The minimum atomic E-state index is -0.482. The summed E-state index contributed by atoms with van der Waals surface area (Å²) in [6.07, 6.45) is 0.108. The minimum absolute atomic E-state index is 0.108. The van der Waals surface area contributed by atoms with E-state index < -0.39 is 11.7 Å². The SMILES string of the molecule is CC(C)OCCN1C(=O)C(=O)c2cccc(Br)c21. The highest BCUT2D eigenvalue weighted by Gasteiger charge is 2.36. The zero-order valence-electron chi connectivity index (χ0n) is 10.3. The summed E-state index contributed by atoms with van der Waals surface area (Å²) in [4.78, 5) is 25.2. The molecule has 1 aromatic carbocycles. The molecule has 0 aliphatic carbocycles. The molecule has 0 bridgehead atoms. The molecule has 0 saturated carbocycles. The van der Waals surface area contributed by atoms with Gasteiger partial charge in [-0.2, -0.15) is 0 Å². The highest BCUT2D eigenvalue weighted by molar-refractivity contribution is 9.10. The van der Waals surface area contributed by atoms with E-state index in [0.717, 1.165) is 4.47 Å². The van der Waals surface area contributed by atoms with Gasteiger partial charge in [0, 0.05) is 11.0 Å². The lowest BCUT2D eigenvalue weighted by Gasteiger charge is -2.18. The lowest BCUT2D eigenvalue weighted by molar-refractivity contribution is -0.114. The summed E-state index contributed by atoms with van der Waals surface area (Å²) in [5.74, 6) is -0.930. The molecular formula is C13H14BrNO3. The van der Waals surface area contributed by atoms with Crippen molar-refractivity contribution < 1.29 is 14.3 Å². The summed E-state index contributed by atoms with van der Waals surface area (Å²) >= 11 is 3.38. The van der Waals surface area contributed by atoms with Crippen molar-refractivity contribution in [2.24, 2.45) is 0 Å². The van der Waals surface area contributed by atoms with Gasteiger partial charge < -0.3 is 9.64 Å². The minimum Gasteiger partial charge on any atom is -0.377 e. The third-order valence-electron chi connectivity index (χ3n) is 2.71. The van der Waals surface area contributed by atoms with Gasteiger partial charge in [0.05, 0.1) is 24.0 Å². The molecule has 0 fully saturated rings. The van der Waals surface area contributed by atoms with E-state index in [9.17, 15) is 9.59 Å². The normalized spacial score (nSPS) is 14.6. The van der Waals surface area contributed by atoms with Gasteiger partial charge in [-0.25, -0.2) is 0 Å². The summed E-state index contributed by atoms with van der Waals surface area (Å²) in [5, 5.41) is 0. The zero-order chi connectivity index (χ0) is 13.3. The average Bonchev–Trinajstić information content (AvgIpc) is 2.55. The first-order valence-electron chi connectivity index (χ1n) is 5.78. The van der Waals surface area contributed by atoms with Gasteiger partial charge >= 0.3 is 0 Å². The van der Waals surface area contributed by atoms with Gasteiger partial charge in [0.25, 0.3) is 11.7 Å². The molecule has 18 heavy (non-hydrogen) atoms. The number of anilines is 1. The first kappa shape index (κ1) is 13.2. The van der Waals surface area contributed by atoms with Gasteiger partial charge in [-0.15, -0.1) is 0 Å². The Morgan fingerprint density at radius 3 is 2.72 bits per heavy atom. The molecular weight excluding hydrogens is 298 g/mol. The van der Waals surface area contributed by atoms with Crippen LogP contribution in [0.15, 0.2) is 22.7 Å². The monoisotopic (exact) mass is 311 g/mol. The summed E-state index contributed by atoms with van der Waals surface area (Å²) in [7, 11) is 0. The fraction of sp³-hybridized carbons (Fsp3) is 0.385. The molecule has 0 spiro atoms. The predicted octanol–water partition coefficient (Wildman–Crippen LogP) is 2.40. The van der Waals surface area contributed by atoms with Crippen molar-refractivity contribution in [1.82, 2.24) is 0 Å². The van der Waals surface area contributed by atoms with Crippen molar-refractivity contribution in [3.63, 3.8) is 0 Å². The molecule has 0 atom stereocenters. The lowest BCUT2D eigenvalue weighted by Crippen LogP contribution is -2.33. The summed E-state index contributed by atoms with van der Waals surface area (Å²) in [6.45, 7) is 4.66. The van der Waals surface area contributed by atoms with Crippen LogP contribution in [0.2, 0.25) is 0 Å². The Labute approximate surface area is 114 Å². The number of Topliss-reactive ketones (excluding diaryl/α,β-unsaturated/α-hetero) is 1. The number of hydrogen-bond donors (Lipinski definition) is 0. The number of halogens is 1. The number of carbonyl (C=O) groups is 2. The van der Waals surface area contributed by atoms with Crippen LogP contribution >= 0.6 is 15.9 Å². The molecule has 0 saturated heterocycles. The molecule has 0 aromatic heterocycles. The summed E-state index contributed by atoms with van der Waals surface area (Å²) in [6, 6.07) is 5.24. The number of fused-ring (bicyclic) bond motifs is 1. The molecule has 4 nitrogen and oxygen atoms in total. The van der Waals surface area contributed by atoms with Gasteiger partial charge in [0.15, 0.2) is 0 Å². The number of carbonyl (C=O) groups excluding carboxylic acids is 2. The molecule has 1 amide bonds.